The maximum Gasteiger partial charge on any atom is 0.201 e. The van der Waals surface area contributed by atoms with Gasteiger partial charge in [-0.05, 0) is 33.6 Å². The van der Waals surface area contributed by atoms with Gasteiger partial charge in [-0.1, -0.05) is 0 Å². The van der Waals surface area contributed by atoms with Crippen molar-refractivity contribution < 1.29 is 4.74 Å². The first-order valence-electron chi connectivity index (χ1n) is 3.59. The van der Waals surface area contributed by atoms with Gasteiger partial charge in [0.05, 0.1) is 22.6 Å². The highest BCUT2D eigenvalue weighted by molar-refractivity contribution is 9.10. The molecule has 0 spiro atoms. The molecule has 0 radical (unpaired) electrons. The Labute approximate surface area is 88.2 Å². The normalized spacial score (nSPS) is 10.7. The van der Waals surface area contributed by atoms with Gasteiger partial charge in [0.2, 0.25) is 5.28 Å². The van der Waals surface area contributed by atoms with E-state index < -0.39 is 0 Å². The smallest absolute Gasteiger partial charge is 0.201 e. The Balaban J connectivity index is 2.72. The van der Waals surface area contributed by atoms with E-state index >= 15 is 0 Å². The number of aromatic nitrogens is 2. The summed E-state index contributed by atoms with van der Waals surface area (Å²) in [6.45, 7) is 0. The van der Waals surface area contributed by atoms with Gasteiger partial charge in [-0.2, -0.15) is 0 Å². The van der Waals surface area contributed by atoms with Crippen molar-refractivity contribution in [1.82, 2.24) is 9.97 Å². The maximum atomic E-state index is 5.71. The molecule has 0 saturated carbocycles. The minimum absolute atomic E-state index is 0.384. The van der Waals surface area contributed by atoms with E-state index in [0.717, 1.165) is 21.3 Å². The number of halogens is 2. The van der Waals surface area contributed by atoms with E-state index in [2.05, 4.69) is 25.9 Å². The number of ether oxygens (including phenoxy) is 1. The minimum Gasteiger partial charge on any atom is -0.495 e. The number of fused-ring (bicyclic) bond motifs is 1. The van der Waals surface area contributed by atoms with Crippen LogP contribution in [-0.2, 0) is 0 Å². The summed E-state index contributed by atoms with van der Waals surface area (Å²) in [6.07, 6.45) is 0. The second kappa shape index (κ2) is 3.20. The lowest BCUT2D eigenvalue weighted by Crippen LogP contribution is -1.83. The summed E-state index contributed by atoms with van der Waals surface area (Å²) in [4.78, 5) is 6.99. The Kier molecular flexibility index (Phi) is 2.17. The Bertz CT molecular complexity index is 455. The maximum absolute atomic E-state index is 5.71. The van der Waals surface area contributed by atoms with Crippen LogP contribution in [0.4, 0.5) is 0 Å². The number of methoxy groups -OCH3 is 1. The number of nitrogens with zero attached hydrogens (tertiary/aromatic N) is 1. The monoisotopic (exact) mass is 260 g/mol. The van der Waals surface area contributed by atoms with Gasteiger partial charge < -0.3 is 9.72 Å². The van der Waals surface area contributed by atoms with Crippen LogP contribution in [0.2, 0.25) is 5.28 Å². The molecule has 0 fully saturated rings. The Hall–Kier alpha value is -0.740. The van der Waals surface area contributed by atoms with E-state index in [1.165, 1.54) is 0 Å². The third-order valence-corrected chi connectivity index (χ3v) is 2.53. The zero-order valence-corrected chi connectivity index (χ0v) is 9.11. The summed E-state index contributed by atoms with van der Waals surface area (Å²) in [6, 6.07) is 3.70. The van der Waals surface area contributed by atoms with Crippen molar-refractivity contribution in [3.63, 3.8) is 0 Å². The summed E-state index contributed by atoms with van der Waals surface area (Å²) in [5, 5.41) is 0.384. The van der Waals surface area contributed by atoms with Gasteiger partial charge in [-0.15, -0.1) is 0 Å². The van der Waals surface area contributed by atoms with Gasteiger partial charge in [-0.3, -0.25) is 0 Å². The first-order chi connectivity index (χ1) is 6.20. The molecule has 0 atom stereocenters. The largest absolute Gasteiger partial charge is 0.495 e. The molecule has 1 heterocycles. The van der Waals surface area contributed by atoms with E-state index in [-0.39, 0.29) is 0 Å². The number of H-pyrrole nitrogens is 1. The van der Waals surface area contributed by atoms with E-state index in [4.69, 9.17) is 16.3 Å². The molecule has 0 aliphatic carbocycles. The Morgan fingerprint density at radius 2 is 2.31 bits per heavy atom. The standard InChI is InChI=1S/C8H6BrClN2O/c1-13-7-3-6-5(2-4(7)9)11-8(10)12-6/h2-3H,1H3,(H,11,12). The van der Waals surface area contributed by atoms with Crippen LogP contribution in [-0.4, -0.2) is 17.1 Å². The van der Waals surface area contributed by atoms with Crippen molar-refractivity contribution in [1.29, 1.82) is 0 Å². The predicted molar refractivity (Wildman–Crippen MR) is 55.4 cm³/mol. The lowest BCUT2D eigenvalue weighted by atomic mass is 10.3. The van der Waals surface area contributed by atoms with Crippen molar-refractivity contribution in [3.8, 4) is 5.75 Å². The Morgan fingerprint density at radius 3 is 3.00 bits per heavy atom. The molecule has 1 aromatic carbocycles. The zero-order valence-electron chi connectivity index (χ0n) is 6.77. The highest BCUT2D eigenvalue weighted by Crippen LogP contribution is 2.29. The summed E-state index contributed by atoms with van der Waals surface area (Å²) < 4.78 is 6.00. The lowest BCUT2D eigenvalue weighted by molar-refractivity contribution is 0.412. The molecule has 1 N–H and O–H groups in total. The molecule has 1 aromatic heterocycles. The van der Waals surface area contributed by atoms with Gasteiger partial charge in [0.15, 0.2) is 0 Å². The fourth-order valence-corrected chi connectivity index (χ4v) is 1.83. The summed E-state index contributed by atoms with van der Waals surface area (Å²) in [5.74, 6) is 0.746. The molecule has 68 valence electrons. The molecule has 0 bridgehead atoms. The SMILES string of the molecule is COc1cc2nc(Cl)[nH]c2cc1Br. The molecule has 3 nitrogen and oxygen atoms in total. The number of nitrogens with one attached hydrogen (secondary N) is 1. The number of rotatable bonds is 1. The molecule has 0 aliphatic rings. The third kappa shape index (κ3) is 1.51. The van der Waals surface area contributed by atoms with E-state index in [9.17, 15) is 0 Å². The number of hydrogen-bond acceptors (Lipinski definition) is 2. The molecule has 0 saturated heterocycles. The minimum atomic E-state index is 0.384. The highest BCUT2D eigenvalue weighted by Gasteiger charge is 2.06. The van der Waals surface area contributed by atoms with Crippen LogP contribution in [0.15, 0.2) is 16.6 Å². The van der Waals surface area contributed by atoms with Gasteiger partial charge in [-0.25, -0.2) is 4.98 Å². The number of aromatic amines is 1. The molecule has 2 aromatic rings. The first-order valence-corrected chi connectivity index (χ1v) is 4.76. The lowest BCUT2D eigenvalue weighted by Gasteiger charge is -2.01. The molecular weight excluding hydrogens is 255 g/mol. The van der Waals surface area contributed by atoms with Crippen LogP contribution in [0, 0.1) is 0 Å². The van der Waals surface area contributed by atoms with Crippen molar-refractivity contribution in [3.05, 3.63) is 21.9 Å². The fourth-order valence-electron chi connectivity index (χ4n) is 1.14. The van der Waals surface area contributed by atoms with E-state index in [0.29, 0.717) is 5.28 Å². The number of hydrogen-bond donors (Lipinski definition) is 1. The molecule has 0 amide bonds. The van der Waals surface area contributed by atoms with Gasteiger partial charge >= 0.3 is 0 Å². The molecule has 5 heteroatoms. The number of benzene rings is 1. The molecule has 0 aliphatic heterocycles. The quantitative estimate of drug-likeness (QED) is 0.857. The second-order valence-corrected chi connectivity index (χ2v) is 3.74. The Morgan fingerprint density at radius 1 is 1.54 bits per heavy atom. The summed E-state index contributed by atoms with van der Waals surface area (Å²) >= 11 is 9.08. The molecular formula is C8H6BrClN2O. The second-order valence-electron chi connectivity index (χ2n) is 2.53. The van der Waals surface area contributed by atoms with Crippen molar-refractivity contribution in [2.75, 3.05) is 7.11 Å². The van der Waals surface area contributed by atoms with Crippen LogP contribution in [0.25, 0.3) is 11.0 Å². The van der Waals surface area contributed by atoms with Gasteiger partial charge in [0.1, 0.15) is 5.75 Å². The zero-order chi connectivity index (χ0) is 9.42. The van der Waals surface area contributed by atoms with Crippen LogP contribution in [0.5, 0.6) is 5.75 Å². The predicted octanol–water partition coefficient (Wildman–Crippen LogP) is 2.99. The topological polar surface area (TPSA) is 37.9 Å². The van der Waals surface area contributed by atoms with Crippen LogP contribution in [0.1, 0.15) is 0 Å². The van der Waals surface area contributed by atoms with Crippen LogP contribution < -0.4 is 4.74 Å². The molecule has 0 unspecified atom stereocenters. The first kappa shape index (κ1) is 8.84. The molecule has 2 rings (SSSR count). The summed E-state index contributed by atoms with van der Waals surface area (Å²) in [5.41, 5.74) is 1.68. The van der Waals surface area contributed by atoms with Crippen molar-refractivity contribution in [2.24, 2.45) is 0 Å². The molecule has 13 heavy (non-hydrogen) atoms. The highest BCUT2D eigenvalue weighted by atomic mass is 79.9. The average Bonchev–Trinajstić information content (AvgIpc) is 2.42. The van der Waals surface area contributed by atoms with Crippen molar-refractivity contribution in [2.45, 2.75) is 0 Å². The van der Waals surface area contributed by atoms with E-state index in [1.807, 2.05) is 12.1 Å². The summed E-state index contributed by atoms with van der Waals surface area (Å²) in [7, 11) is 1.61. The van der Waals surface area contributed by atoms with Crippen molar-refractivity contribution >= 4 is 38.6 Å². The van der Waals surface area contributed by atoms with Gasteiger partial charge in [0.25, 0.3) is 0 Å². The number of imidazole rings is 1. The third-order valence-electron chi connectivity index (χ3n) is 1.73. The van der Waals surface area contributed by atoms with Gasteiger partial charge in [0, 0.05) is 6.07 Å². The average molecular weight is 262 g/mol. The van der Waals surface area contributed by atoms with E-state index in [1.54, 1.807) is 7.11 Å². The van der Waals surface area contributed by atoms with Crippen LogP contribution in [0.3, 0.4) is 0 Å². The fraction of sp³-hybridized carbons (Fsp3) is 0.125. The van der Waals surface area contributed by atoms with Crippen LogP contribution >= 0.6 is 27.5 Å².